The highest BCUT2D eigenvalue weighted by Crippen LogP contribution is 2.35. The van der Waals surface area contributed by atoms with Crippen LogP contribution in [0.3, 0.4) is 0 Å². The molecule has 4 rings (SSSR count). The quantitative estimate of drug-likeness (QED) is 0.470. The second-order valence-corrected chi connectivity index (χ2v) is 7.15. The van der Waals surface area contributed by atoms with E-state index in [9.17, 15) is 9.18 Å². The van der Waals surface area contributed by atoms with E-state index in [-0.39, 0.29) is 12.4 Å². The van der Waals surface area contributed by atoms with Crippen LogP contribution in [0.2, 0.25) is 0 Å². The lowest BCUT2D eigenvalue weighted by Crippen LogP contribution is -2.04. The molecule has 0 aliphatic rings. The van der Waals surface area contributed by atoms with Gasteiger partial charge in [-0.2, -0.15) is 0 Å². The Morgan fingerprint density at radius 1 is 1.14 bits per heavy atom. The maximum Gasteiger partial charge on any atom is 0.349 e. The van der Waals surface area contributed by atoms with Gasteiger partial charge in [-0.25, -0.2) is 19.2 Å². The number of hydrogen-bond donors (Lipinski definition) is 1. The van der Waals surface area contributed by atoms with E-state index >= 15 is 0 Å². The maximum absolute atomic E-state index is 13.5. The molecular formula is C21H16FN3O2S. The van der Waals surface area contributed by atoms with E-state index in [4.69, 9.17) is 4.74 Å². The zero-order chi connectivity index (χ0) is 19.5. The highest BCUT2D eigenvalue weighted by Gasteiger charge is 2.20. The lowest BCUT2D eigenvalue weighted by atomic mass is 10.2. The number of benzene rings is 2. The van der Waals surface area contributed by atoms with Gasteiger partial charge in [-0.3, -0.25) is 0 Å². The second kappa shape index (κ2) is 7.74. The van der Waals surface area contributed by atoms with Crippen LogP contribution < -0.4 is 5.32 Å². The number of nitrogens with one attached hydrogen (secondary N) is 1. The number of rotatable bonds is 5. The summed E-state index contributed by atoms with van der Waals surface area (Å²) in [4.78, 5) is 22.3. The number of thiophene rings is 1. The highest BCUT2D eigenvalue weighted by atomic mass is 32.1. The minimum Gasteiger partial charge on any atom is -0.457 e. The summed E-state index contributed by atoms with van der Waals surface area (Å²) in [6.07, 6.45) is 1.42. The predicted octanol–water partition coefficient (Wildman–Crippen LogP) is 5.24. The topological polar surface area (TPSA) is 64.1 Å². The second-order valence-electron chi connectivity index (χ2n) is 6.16. The van der Waals surface area contributed by atoms with Crippen LogP contribution in [0.5, 0.6) is 0 Å². The number of fused-ring (bicyclic) bond motifs is 1. The van der Waals surface area contributed by atoms with Crippen molar-refractivity contribution in [2.24, 2.45) is 0 Å². The summed E-state index contributed by atoms with van der Waals surface area (Å²) in [5, 5.41) is 3.83. The first kappa shape index (κ1) is 18.1. The van der Waals surface area contributed by atoms with Crippen LogP contribution in [0.1, 0.15) is 20.8 Å². The van der Waals surface area contributed by atoms with Crippen LogP contribution in [-0.4, -0.2) is 15.9 Å². The van der Waals surface area contributed by atoms with Crippen LogP contribution in [0, 0.1) is 12.7 Å². The fourth-order valence-electron chi connectivity index (χ4n) is 2.85. The van der Waals surface area contributed by atoms with Gasteiger partial charge in [0.05, 0.1) is 5.39 Å². The molecular weight excluding hydrogens is 377 g/mol. The minimum absolute atomic E-state index is 0.202. The summed E-state index contributed by atoms with van der Waals surface area (Å²) in [6.45, 7) is 2.03. The molecule has 0 amide bonds. The summed E-state index contributed by atoms with van der Waals surface area (Å²) in [7, 11) is 0. The minimum atomic E-state index is -0.402. The first-order valence-electron chi connectivity index (χ1n) is 8.59. The van der Waals surface area contributed by atoms with E-state index in [1.165, 1.54) is 29.8 Å². The zero-order valence-electron chi connectivity index (χ0n) is 15.0. The third kappa shape index (κ3) is 3.70. The smallest absolute Gasteiger partial charge is 0.349 e. The Balaban J connectivity index is 1.62. The molecule has 5 nitrogen and oxygen atoms in total. The Labute approximate surface area is 164 Å². The van der Waals surface area contributed by atoms with Gasteiger partial charge in [-0.1, -0.05) is 36.4 Å². The van der Waals surface area contributed by atoms with Crippen molar-refractivity contribution in [3.8, 4) is 0 Å². The van der Waals surface area contributed by atoms with Crippen LogP contribution in [-0.2, 0) is 11.3 Å². The summed E-state index contributed by atoms with van der Waals surface area (Å²) in [6, 6.07) is 15.6. The lowest BCUT2D eigenvalue weighted by Gasteiger charge is -2.07. The molecule has 140 valence electrons. The molecule has 0 saturated heterocycles. The Morgan fingerprint density at radius 3 is 2.75 bits per heavy atom. The van der Waals surface area contributed by atoms with E-state index in [1.54, 1.807) is 12.1 Å². The first-order chi connectivity index (χ1) is 13.6. The number of carbonyl (C=O) groups excluding carboxylic acids is 1. The molecule has 0 unspecified atom stereocenters. The van der Waals surface area contributed by atoms with Crippen LogP contribution >= 0.6 is 11.3 Å². The van der Waals surface area contributed by atoms with E-state index in [1.807, 2.05) is 37.3 Å². The Morgan fingerprint density at radius 2 is 1.96 bits per heavy atom. The van der Waals surface area contributed by atoms with Crippen molar-refractivity contribution in [1.82, 2.24) is 9.97 Å². The lowest BCUT2D eigenvalue weighted by molar-refractivity contribution is 0.0478. The Hall–Kier alpha value is -3.32. The van der Waals surface area contributed by atoms with Gasteiger partial charge < -0.3 is 10.1 Å². The SMILES string of the molecule is Cc1c(C(=O)OCc2ccccc2)sc2ncnc(Nc3cccc(F)c3)c12. The first-order valence-corrected chi connectivity index (χ1v) is 9.41. The normalized spacial score (nSPS) is 10.8. The highest BCUT2D eigenvalue weighted by molar-refractivity contribution is 7.20. The number of carbonyl (C=O) groups is 1. The zero-order valence-corrected chi connectivity index (χ0v) is 15.8. The Kier molecular flexibility index (Phi) is 4.99. The number of esters is 1. The molecule has 0 spiro atoms. The third-order valence-electron chi connectivity index (χ3n) is 4.21. The van der Waals surface area contributed by atoms with Crippen molar-refractivity contribution in [2.45, 2.75) is 13.5 Å². The van der Waals surface area contributed by atoms with Gasteiger partial charge in [0.1, 0.15) is 34.3 Å². The van der Waals surface area contributed by atoms with E-state index in [2.05, 4.69) is 15.3 Å². The molecule has 28 heavy (non-hydrogen) atoms. The van der Waals surface area contributed by atoms with E-state index in [0.29, 0.717) is 21.2 Å². The molecule has 0 radical (unpaired) electrons. The van der Waals surface area contributed by atoms with Gasteiger partial charge >= 0.3 is 5.97 Å². The largest absolute Gasteiger partial charge is 0.457 e. The number of halogens is 1. The van der Waals surface area contributed by atoms with Gasteiger partial charge in [0.15, 0.2) is 0 Å². The van der Waals surface area contributed by atoms with Crippen molar-refractivity contribution in [1.29, 1.82) is 0 Å². The molecule has 0 atom stereocenters. The standard InChI is InChI=1S/C21H16FN3O2S/c1-13-17-19(25-16-9-5-8-15(22)10-16)23-12-24-20(17)28-18(13)21(26)27-11-14-6-3-2-4-7-14/h2-10,12H,11H2,1H3,(H,23,24,25). The number of aromatic nitrogens is 2. The van der Waals surface area contributed by atoms with Crippen molar-refractivity contribution >= 4 is 39.0 Å². The summed E-state index contributed by atoms with van der Waals surface area (Å²) in [5.41, 5.74) is 2.22. The fourth-order valence-corrected chi connectivity index (χ4v) is 3.90. The van der Waals surface area contributed by atoms with Crippen molar-refractivity contribution in [2.75, 3.05) is 5.32 Å². The Bertz CT molecular complexity index is 1150. The molecule has 7 heteroatoms. The number of hydrogen-bond acceptors (Lipinski definition) is 6. The third-order valence-corrected chi connectivity index (χ3v) is 5.39. The van der Waals surface area contributed by atoms with Gasteiger partial charge in [0.25, 0.3) is 0 Å². The number of nitrogens with zero attached hydrogens (tertiary/aromatic N) is 2. The molecule has 0 aliphatic carbocycles. The number of aryl methyl sites for hydroxylation is 1. The van der Waals surface area contributed by atoms with E-state index in [0.717, 1.165) is 16.5 Å². The fraction of sp³-hybridized carbons (Fsp3) is 0.0952. The molecule has 0 aliphatic heterocycles. The average molecular weight is 393 g/mol. The van der Waals surface area contributed by atoms with Crippen molar-refractivity contribution in [3.05, 3.63) is 82.7 Å². The molecule has 4 aromatic rings. The van der Waals surface area contributed by atoms with E-state index < -0.39 is 5.97 Å². The maximum atomic E-state index is 13.5. The predicted molar refractivity (Wildman–Crippen MR) is 107 cm³/mol. The van der Waals surface area contributed by atoms with Crippen LogP contribution in [0.15, 0.2) is 60.9 Å². The molecule has 2 aromatic heterocycles. The monoisotopic (exact) mass is 393 g/mol. The van der Waals surface area contributed by atoms with Crippen molar-refractivity contribution in [3.63, 3.8) is 0 Å². The molecule has 2 aromatic carbocycles. The summed E-state index contributed by atoms with van der Waals surface area (Å²) >= 11 is 1.26. The molecule has 2 heterocycles. The molecule has 1 N–H and O–H groups in total. The van der Waals surface area contributed by atoms with Gasteiger partial charge in [-0.15, -0.1) is 11.3 Å². The molecule has 0 bridgehead atoms. The van der Waals surface area contributed by atoms with Crippen LogP contribution in [0.4, 0.5) is 15.9 Å². The van der Waals surface area contributed by atoms with Gasteiger partial charge in [-0.05, 0) is 36.2 Å². The number of ether oxygens (including phenoxy) is 1. The molecule has 0 saturated carbocycles. The van der Waals surface area contributed by atoms with Crippen LogP contribution in [0.25, 0.3) is 10.2 Å². The average Bonchev–Trinajstić information content (AvgIpc) is 3.05. The number of anilines is 2. The van der Waals surface area contributed by atoms with Crippen molar-refractivity contribution < 1.29 is 13.9 Å². The summed E-state index contributed by atoms with van der Waals surface area (Å²) < 4.78 is 18.9. The summed E-state index contributed by atoms with van der Waals surface area (Å²) in [5.74, 6) is -0.227. The molecule has 0 fully saturated rings. The van der Waals surface area contributed by atoms with Gasteiger partial charge in [0.2, 0.25) is 0 Å². The van der Waals surface area contributed by atoms with Gasteiger partial charge in [0, 0.05) is 5.69 Å².